The minimum absolute atomic E-state index is 0.188. The highest BCUT2D eigenvalue weighted by atomic mass is 19.1. The van der Waals surface area contributed by atoms with Crippen molar-refractivity contribution in [2.45, 2.75) is 19.4 Å². The van der Waals surface area contributed by atoms with E-state index in [9.17, 15) is 14.3 Å². The summed E-state index contributed by atoms with van der Waals surface area (Å²) in [5.74, 6) is -0.517. The molecule has 2 rings (SSSR count). The van der Waals surface area contributed by atoms with Gasteiger partial charge in [-0.25, -0.2) is 4.39 Å². The SMILES string of the molecule is Cc1ccc(NC(=O)CN2CC[C@H](O)C2)cc1F. The van der Waals surface area contributed by atoms with Gasteiger partial charge in [-0.05, 0) is 31.0 Å². The number of likely N-dealkylation sites (tertiary alicyclic amines) is 1. The molecule has 1 amide bonds. The zero-order valence-corrected chi connectivity index (χ0v) is 10.3. The molecule has 4 nitrogen and oxygen atoms in total. The summed E-state index contributed by atoms with van der Waals surface area (Å²) < 4.78 is 13.3. The maximum atomic E-state index is 13.3. The highest BCUT2D eigenvalue weighted by Gasteiger charge is 2.21. The number of β-amino-alcohol motifs (C(OH)–C–C–N with tert-alkyl or cyclic N) is 1. The summed E-state index contributed by atoms with van der Waals surface area (Å²) in [4.78, 5) is 13.6. The van der Waals surface area contributed by atoms with Gasteiger partial charge in [-0.2, -0.15) is 0 Å². The van der Waals surface area contributed by atoms with Gasteiger partial charge in [0.2, 0.25) is 5.91 Å². The number of halogens is 1. The standard InChI is InChI=1S/C13H17FN2O2/c1-9-2-3-10(6-12(9)14)15-13(18)8-16-5-4-11(17)7-16/h2-3,6,11,17H,4-5,7-8H2,1H3,(H,15,18)/t11-/m0/s1. The van der Waals surface area contributed by atoms with E-state index in [-0.39, 0.29) is 24.4 Å². The largest absolute Gasteiger partial charge is 0.392 e. The smallest absolute Gasteiger partial charge is 0.238 e. The van der Waals surface area contributed by atoms with Crippen LogP contribution in [0.5, 0.6) is 0 Å². The van der Waals surface area contributed by atoms with E-state index < -0.39 is 0 Å². The van der Waals surface area contributed by atoms with Crippen LogP contribution in [0.1, 0.15) is 12.0 Å². The van der Waals surface area contributed by atoms with Gasteiger partial charge in [0.1, 0.15) is 5.82 Å². The van der Waals surface area contributed by atoms with E-state index in [4.69, 9.17) is 0 Å². The second-order valence-electron chi connectivity index (χ2n) is 4.69. The number of hydrogen-bond acceptors (Lipinski definition) is 3. The van der Waals surface area contributed by atoms with Crippen molar-refractivity contribution in [2.75, 3.05) is 25.0 Å². The van der Waals surface area contributed by atoms with Gasteiger partial charge >= 0.3 is 0 Å². The Bertz CT molecular complexity index is 451. The molecule has 1 saturated heterocycles. The molecular formula is C13H17FN2O2. The van der Waals surface area contributed by atoms with Gasteiger partial charge in [-0.3, -0.25) is 9.69 Å². The van der Waals surface area contributed by atoms with Crippen LogP contribution in [0.3, 0.4) is 0 Å². The Hall–Kier alpha value is -1.46. The summed E-state index contributed by atoms with van der Waals surface area (Å²) in [7, 11) is 0. The van der Waals surface area contributed by atoms with E-state index in [0.717, 1.165) is 6.54 Å². The summed E-state index contributed by atoms with van der Waals surface area (Å²) in [5, 5.41) is 12.0. The van der Waals surface area contributed by atoms with Crippen LogP contribution in [-0.4, -0.2) is 41.7 Å². The Kier molecular flexibility index (Phi) is 3.93. The molecule has 1 atom stereocenters. The quantitative estimate of drug-likeness (QED) is 0.848. The highest BCUT2D eigenvalue weighted by molar-refractivity contribution is 5.92. The fourth-order valence-electron chi connectivity index (χ4n) is 2.03. The lowest BCUT2D eigenvalue weighted by molar-refractivity contribution is -0.117. The van der Waals surface area contributed by atoms with Gasteiger partial charge in [-0.1, -0.05) is 6.07 Å². The molecule has 0 aliphatic carbocycles. The first-order valence-electron chi connectivity index (χ1n) is 6.01. The molecular weight excluding hydrogens is 235 g/mol. The minimum Gasteiger partial charge on any atom is -0.392 e. The van der Waals surface area contributed by atoms with Gasteiger partial charge in [0.25, 0.3) is 0 Å². The first-order valence-corrected chi connectivity index (χ1v) is 6.01. The second kappa shape index (κ2) is 5.46. The molecule has 1 aromatic rings. The Morgan fingerprint density at radius 2 is 2.39 bits per heavy atom. The number of amides is 1. The highest BCUT2D eigenvalue weighted by Crippen LogP contribution is 2.14. The molecule has 0 radical (unpaired) electrons. The number of aliphatic hydroxyl groups excluding tert-OH is 1. The number of nitrogens with one attached hydrogen (secondary N) is 1. The third-order valence-electron chi connectivity index (χ3n) is 3.07. The number of aliphatic hydroxyl groups is 1. The van der Waals surface area contributed by atoms with Crippen molar-refractivity contribution in [3.05, 3.63) is 29.6 Å². The fraction of sp³-hybridized carbons (Fsp3) is 0.462. The first kappa shape index (κ1) is 13.0. The van der Waals surface area contributed by atoms with Crippen molar-refractivity contribution >= 4 is 11.6 Å². The van der Waals surface area contributed by atoms with Crippen LogP contribution in [0, 0.1) is 12.7 Å². The normalized spacial score (nSPS) is 20.1. The van der Waals surface area contributed by atoms with Gasteiger partial charge in [0.15, 0.2) is 0 Å². The molecule has 18 heavy (non-hydrogen) atoms. The number of hydrogen-bond donors (Lipinski definition) is 2. The predicted molar refractivity (Wildman–Crippen MR) is 66.8 cm³/mol. The zero-order valence-electron chi connectivity index (χ0n) is 10.3. The summed E-state index contributed by atoms with van der Waals surface area (Å²) in [6.07, 6.45) is 0.363. The molecule has 0 bridgehead atoms. The molecule has 1 fully saturated rings. The molecule has 0 saturated carbocycles. The number of rotatable bonds is 3. The van der Waals surface area contributed by atoms with Crippen molar-refractivity contribution in [2.24, 2.45) is 0 Å². The molecule has 0 aromatic heterocycles. The summed E-state index contributed by atoms with van der Waals surface area (Å²) in [6, 6.07) is 4.62. The van der Waals surface area contributed by atoms with Crippen LogP contribution >= 0.6 is 0 Å². The maximum Gasteiger partial charge on any atom is 0.238 e. The van der Waals surface area contributed by atoms with E-state index in [0.29, 0.717) is 24.2 Å². The Labute approximate surface area is 105 Å². The molecule has 5 heteroatoms. The lowest BCUT2D eigenvalue weighted by Crippen LogP contribution is -2.32. The second-order valence-corrected chi connectivity index (χ2v) is 4.69. The summed E-state index contributed by atoms with van der Waals surface area (Å²) in [5.41, 5.74) is 1.01. The van der Waals surface area contributed by atoms with Crippen molar-refractivity contribution in [1.82, 2.24) is 4.90 Å². The van der Waals surface area contributed by atoms with E-state index in [1.54, 1.807) is 19.1 Å². The monoisotopic (exact) mass is 252 g/mol. The zero-order chi connectivity index (χ0) is 13.1. The molecule has 98 valence electrons. The fourth-order valence-corrected chi connectivity index (χ4v) is 2.03. The molecule has 1 aliphatic rings. The summed E-state index contributed by atoms with van der Waals surface area (Å²) in [6.45, 7) is 3.14. The molecule has 1 aromatic carbocycles. The molecule has 0 spiro atoms. The topological polar surface area (TPSA) is 52.6 Å². The number of nitrogens with zero attached hydrogens (tertiary/aromatic N) is 1. The lowest BCUT2D eigenvalue weighted by atomic mass is 10.2. The van der Waals surface area contributed by atoms with Gasteiger partial charge in [0.05, 0.1) is 12.6 Å². The molecule has 1 aliphatic heterocycles. The maximum absolute atomic E-state index is 13.3. The van der Waals surface area contributed by atoms with E-state index in [2.05, 4.69) is 5.32 Å². The van der Waals surface area contributed by atoms with Crippen molar-refractivity contribution < 1.29 is 14.3 Å². The van der Waals surface area contributed by atoms with Crippen LogP contribution in [0.25, 0.3) is 0 Å². The average molecular weight is 252 g/mol. The summed E-state index contributed by atoms with van der Waals surface area (Å²) >= 11 is 0. The Morgan fingerprint density at radius 3 is 3.00 bits per heavy atom. The Balaban J connectivity index is 1.89. The number of carbonyl (C=O) groups is 1. The lowest BCUT2D eigenvalue weighted by Gasteiger charge is -2.14. The number of aryl methyl sites for hydroxylation is 1. The number of carbonyl (C=O) groups excluding carboxylic acids is 1. The molecule has 1 heterocycles. The number of benzene rings is 1. The van der Waals surface area contributed by atoms with Crippen LogP contribution < -0.4 is 5.32 Å². The van der Waals surface area contributed by atoms with Crippen molar-refractivity contribution in [3.8, 4) is 0 Å². The third-order valence-corrected chi connectivity index (χ3v) is 3.07. The first-order chi connectivity index (χ1) is 8.54. The van der Waals surface area contributed by atoms with Gasteiger partial charge < -0.3 is 10.4 Å². The van der Waals surface area contributed by atoms with Crippen LogP contribution in [0.4, 0.5) is 10.1 Å². The molecule has 0 unspecified atom stereocenters. The van der Waals surface area contributed by atoms with Gasteiger partial charge in [-0.15, -0.1) is 0 Å². The van der Waals surface area contributed by atoms with Crippen LogP contribution in [-0.2, 0) is 4.79 Å². The minimum atomic E-state index is -0.338. The number of anilines is 1. The van der Waals surface area contributed by atoms with Crippen LogP contribution in [0.15, 0.2) is 18.2 Å². The van der Waals surface area contributed by atoms with Crippen molar-refractivity contribution in [3.63, 3.8) is 0 Å². The third kappa shape index (κ3) is 3.27. The van der Waals surface area contributed by atoms with Crippen molar-refractivity contribution in [1.29, 1.82) is 0 Å². The predicted octanol–water partition coefficient (Wildman–Crippen LogP) is 1.14. The molecule has 2 N–H and O–H groups in total. The van der Waals surface area contributed by atoms with E-state index >= 15 is 0 Å². The van der Waals surface area contributed by atoms with E-state index in [1.165, 1.54) is 6.07 Å². The average Bonchev–Trinajstić information content (AvgIpc) is 2.69. The van der Waals surface area contributed by atoms with E-state index in [1.807, 2.05) is 4.90 Å². The van der Waals surface area contributed by atoms with Crippen LogP contribution in [0.2, 0.25) is 0 Å². The Morgan fingerprint density at radius 1 is 1.61 bits per heavy atom. The van der Waals surface area contributed by atoms with Gasteiger partial charge in [0, 0.05) is 18.8 Å².